The quantitative estimate of drug-likeness (QED) is 0.768. The highest BCUT2D eigenvalue weighted by molar-refractivity contribution is 5.86. The van der Waals surface area contributed by atoms with Crippen LogP contribution in [0.1, 0.15) is 24.1 Å². The van der Waals surface area contributed by atoms with E-state index in [4.69, 9.17) is 5.73 Å². The molecule has 6 nitrogen and oxygen atoms in total. The van der Waals surface area contributed by atoms with E-state index in [9.17, 15) is 4.79 Å². The number of aromatic amines is 1. The summed E-state index contributed by atoms with van der Waals surface area (Å²) in [6.45, 7) is 1.45. The van der Waals surface area contributed by atoms with Gasteiger partial charge in [0.2, 0.25) is 5.91 Å². The molecule has 4 rings (SSSR count). The summed E-state index contributed by atoms with van der Waals surface area (Å²) in [4.78, 5) is 26.3. The van der Waals surface area contributed by atoms with Crippen molar-refractivity contribution in [2.75, 3.05) is 6.54 Å². The summed E-state index contributed by atoms with van der Waals surface area (Å²) in [6, 6.07) is 8.23. The number of likely N-dealkylation sites (tertiary alicyclic amines) is 1. The molecule has 1 saturated heterocycles. The maximum Gasteiger partial charge on any atom is 0.244 e. The lowest BCUT2D eigenvalue weighted by Crippen LogP contribution is -2.51. The van der Waals surface area contributed by atoms with Crippen molar-refractivity contribution in [2.45, 2.75) is 24.9 Å². The molecule has 0 aliphatic carbocycles. The molecule has 0 saturated carbocycles. The molecule has 122 valence electrons. The topological polar surface area (TPSA) is 87.9 Å². The summed E-state index contributed by atoms with van der Waals surface area (Å²) in [5, 5.41) is 1.17. The highest BCUT2D eigenvalue weighted by Gasteiger charge is 2.49. The molecular formula is C18H19N5O. The zero-order valence-electron chi connectivity index (χ0n) is 13.3. The summed E-state index contributed by atoms with van der Waals surface area (Å²) in [6.07, 6.45) is 8.39. The van der Waals surface area contributed by atoms with Crippen molar-refractivity contribution in [3.05, 3.63) is 60.3 Å². The van der Waals surface area contributed by atoms with E-state index >= 15 is 0 Å². The number of aromatic nitrogens is 3. The summed E-state index contributed by atoms with van der Waals surface area (Å²) in [5.74, 6) is -0.359. The fourth-order valence-electron chi connectivity index (χ4n) is 3.79. The molecule has 2 aromatic heterocycles. The van der Waals surface area contributed by atoms with Crippen LogP contribution in [0.4, 0.5) is 0 Å². The monoisotopic (exact) mass is 321 g/mol. The van der Waals surface area contributed by atoms with E-state index in [0.717, 1.165) is 18.5 Å². The summed E-state index contributed by atoms with van der Waals surface area (Å²) < 4.78 is 0. The number of nitrogens with two attached hydrogens (primary N) is 1. The van der Waals surface area contributed by atoms with E-state index < -0.39 is 5.54 Å². The number of hydrogen-bond donors (Lipinski definition) is 2. The van der Waals surface area contributed by atoms with Crippen LogP contribution in [0.15, 0.2) is 49.1 Å². The summed E-state index contributed by atoms with van der Waals surface area (Å²) >= 11 is 0. The molecule has 1 atom stereocenters. The van der Waals surface area contributed by atoms with E-state index in [1.54, 1.807) is 18.6 Å². The number of fused-ring (bicyclic) bond motifs is 1. The molecule has 0 unspecified atom stereocenters. The Labute approximate surface area is 139 Å². The van der Waals surface area contributed by atoms with Gasteiger partial charge in [-0.05, 0) is 37.1 Å². The van der Waals surface area contributed by atoms with Crippen molar-refractivity contribution in [3.8, 4) is 0 Å². The maximum absolute atomic E-state index is 12.4. The van der Waals surface area contributed by atoms with Crippen LogP contribution in [-0.2, 0) is 16.9 Å². The second-order valence-corrected chi connectivity index (χ2v) is 6.20. The van der Waals surface area contributed by atoms with Crippen molar-refractivity contribution in [3.63, 3.8) is 0 Å². The van der Waals surface area contributed by atoms with Gasteiger partial charge in [-0.15, -0.1) is 0 Å². The minimum absolute atomic E-state index is 0.359. The molecule has 1 aliphatic heterocycles. The molecular weight excluding hydrogens is 302 g/mol. The third-order valence-corrected chi connectivity index (χ3v) is 4.95. The molecule has 24 heavy (non-hydrogen) atoms. The number of H-pyrrole nitrogens is 1. The SMILES string of the molecule is NC(=O)[C@@]1(c2cnccn2)CCCN1Cc1cccc2[nH]ccc12. The predicted molar refractivity (Wildman–Crippen MR) is 90.8 cm³/mol. The lowest BCUT2D eigenvalue weighted by Gasteiger charge is -2.35. The number of benzene rings is 1. The third kappa shape index (κ3) is 2.18. The van der Waals surface area contributed by atoms with Crippen LogP contribution in [0.3, 0.4) is 0 Å². The fourth-order valence-corrected chi connectivity index (χ4v) is 3.79. The fraction of sp³-hybridized carbons (Fsp3) is 0.278. The first-order chi connectivity index (χ1) is 11.7. The average molecular weight is 321 g/mol. The first-order valence-corrected chi connectivity index (χ1v) is 8.08. The van der Waals surface area contributed by atoms with Crippen LogP contribution in [0.2, 0.25) is 0 Å². The maximum atomic E-state index is 12.4. The Morgan fingerprint density at radius 3 is 3.04 bits per heavy atom. The minimum Gasteiger partial charge on any atom is -0.368 e. The first-order valence-electron chi connectivity index (χ1n) is 8.08. The molecule has 1 amide bonds. The van der Waals surface area contributed by atoms with Crippen molar-refractivity contribution in [1.82, 2.24) is 19.9 Å². The van der Waals surface area contributed by atoms with Gasteiger partial charge in [0.25, 0.3) is 0 Å². The minimum atomic E-state index is -0.882. The van der Waals surface area contributed by atoms with Gasteiger partial charge in [-0.2, -0.15) is 0 Å². The zero-order chi connectivity index (χ0) is 16.6. The van der Waals surface area contributed by atoms with Crippen LogP contribution in [-0.4, -0.2) is 32.3 Å². The number of amides is 1. The third-order valence-electron chi connectivity index (χ3n) is 4.95. The lowest BCUT2D eigenvalue weighted by atomic mass is 9.90. The van der Waals surface area contributed by atoms with Crippen LogP contribution in [0.5, 0.6) is 0 Å². The Morgan fingerprint density at radius 2 is 2.25 bits per heavy atom. The van der Waals surface area contributed by atoms with Gasteiger partial charge in [-0.3, -0.25) is 19.7 Å². The Hall–Kier alpha value is -2.73. The predicted octanol–water partition coefficient (Wildman–Crippen LogP) is 1.93. The largest absolute Gasteiger partial charge is 0.368 e. The van der Waals surface area contributed by atoms with Gasteiger partial charge in [0.1, 0.15) is 5.54 Å². The normalized spacial score (nSPS) is 21.3. The number of primary amides is 1. The van der Waals surface area contributed by atoms with Crippen molar-refractivity contribution in [1.29, 1.82) is 0 Å². The van der Waals surface area contributed by atoms with Crippen molar-refractivity contribution in [2.24, 2.45) is 5.73 Å². The Balaban J connectivity index is 1.76. The Morgan fingerprint density at radius 1 is 1.33 bits per heavy atom. The van der Waals surface area contributed by atoms with Crippen LogP contribution >= 0.6 is 0 Å². The second kappa shape index (κ2) is 5.72. The molecule has 3 heterocycles. The zero-order valence-corrected chi connectivity index (χ0v) is 13.3. The van der Waals surface area contributed by atoms with E-state index in [-0.39, 0.29) is 5.91 Å². The molecule has 1 aliphatic rings. The molecule has 0 radical (unpaired) electrons. The van der Waals surface area contributed by atoms with E-state index in [1.807, 2.05) is 18.3 Å². The smallest absolute Gasteiger partial charge is 0.244 e. The standard InChI is InChI=1S/C18H19N5O/c19-17(24)18(16-11-20-8-9-22-16)6-2-10-23(18)12-13-3-1-4-15-14(13)5-7-21-15/h1,3-5,7-9,11,21H,2,6,10,12H2,(H2,19,24)/t18-/m0/s1. The highest BCUT2D eigenvalue weighted by Crippen LogP contribution is 2.39. The van der Waals surface area contributed by atoms with Gasteiger partial charge in [-0.25, -0.2) is 0 Å². The van der Waals surface area contributed by atoms with Gasteiger partial charge >= 0.3 is 0 Å². The molecule has 1 aromatic carbocycles. The van der Waals surface area contributed by atoms with Gasteiger partial charge in [-0.1, -0.05) is 12.1 Å². The molecule has 3 N–H and O–H groups in total. The van der Waals surface area contributed by atoms with Crippen LogP contribution in [0.25, 0.3) is 10.9 Å². The number of rotatable bonds is 4. The van der Waals surface area contributed by atoms with Crippen LogP contribution in [0, 0.1) is 0 Å². The van der Waals surface area contributed by atoms with Crippen molar-refractivity contribution < 1.29 is 4.79 Å². The van der Waals surface area contributed by atoms with Gasteiger partial charge in [0.15, 0.2) is 0 Å². The number of hydrogen-bond acceptors (Lipinski definition) is 4. The molecule has 1 fully saturated rings. The van der Waals surface area contributed by atoms with Crippen LogP contribution < -0.4 is 5.73 Å². The number of nitrogens with one attached hydrogen (secondary N) is 1. The van der Waals surface area contributed by atoms with Gasteiger partial charge in [0.05, 0.1) is 11.9 Å². The van der Waals surface area contributed by atoms with E-state index in [0.29, 0.717) is 18.7 Å². The Bertz CT molecular complexity index is 875. The second-order valence-electron chi connectivity index (χ2n) is 6.20. The Kier molecular flexibility index (Phi) is 3.54. The molecule has 6 heteroatoms. The number of nitrogens with zero attached hydrogens (tertiary/aromatic N) is 3. The van der Waals surface area contributed by atoms with Gasteiger partial charge < -0.3 is 10.7 Å². The lowest BCUT2D eigenvalue weighted by molar-refractivity contribution is -0.129. The van der Waals surface area contributed by atoms with E-state index in [1.165, 1.54) is 10.9 Å². The number of carbonyl (C=O) groups excluding carboxylic acids is 1. The molecule has 0 bridgehead atoms. The van der Waals surface area contributed by atoms with Gasteiger partial charge in [0, 0.05) is 36.0 Å². The number of carbonyl (C=O) groups is 1. The van der Waals surface area contributed by atoms with E-state index in [2.05, 4.69) is 32.0 Å². The van der Waals surface area contributed by atoms with Crippen molar-refractivity contribution >= 4 is 16.8 Å². The molecule has 0 spiro atoms. The first kappa shape index (κ1) is 14.8. The summed E-state index contributed by atoms with van der Waals surface area (Å²) in [5.41, 5.74) is 7.86. The average Bonchev–Trinajstić information content (AvgIpc) is 3.23. The summed E-state index contributed by atoms with van der Waals surface area (Å²) in [7, 11) is 0. The highest BCUT2D eigenvalue weighted by atomic mass is 16.1. The molecule has 3 aromatic rings.